The van der Waals surface area contributed by atoms with Crippen LogP contribution in [-0.4, -0.2) is 25.5 Å². The van der Waals surface area contributed by atoms with Crippen LogP contribution in [0, 0.1) is 5.92 Å². The van der Waals surface area contributed by atoms with Gasteiger partial charge in [-0.15, -0.1) is 11.3 Å². The number of rotatable bonds is 4. The lowest BCUT2D eigenvalue weighted by molar-refractivity contribution is -0.121. The second-order valence-electron chi connectivity index (χ2n) is 6.27. The predicted octanol–water partition coefficient (Wildman–Crippen LogP) is 3.69. The molecule has 1 heterocycles. The second-order valence-corrected chi connectivity index (χ2v) is 7.41. The van der Waals surface area contributed by atoms with Gasteiger partial charge in [0.15, 0.2) is 6.61 Å². The molecule has 0 N–H and O–H groups in total. The zero-order valence-corrected chi connectivity index (χ0v) is 14.8. The molecule has 1 amide bonds. The summed E-state index contributed by atoms with van der Waals surface area (Å²) < 4.78 is 5.22. The largest absolute Gasteiger partial charge is 0.451 e. The highest BCUT2D eigenvalue weighted by Gasteiger charge is 2.22. The van der Waals surface area contributed by atoms with Crippen molar-refractivity contribution >= 4 is 28.9 Å². The molecule has 24 heavy (non-hydrogen) atoms. The summed E-state index contributed by atoms with van der Waals surface area (Å²) in [6.07, 6.45) is 3.22. The van der Waals surface area contributed by atoms with Gasteiger partial charge in [-0.2, -0.15) is 0 Å². The molecular formula is C19H21NO3S. The molecule has 5 heteroatoms. The molecule has 0 unspecified atom stereocenters. The molecule has 1 aliphatic carbocycles. The number of fused-ring (bicyclic) bond motifs is 1. The molecule has 1 aliphatic rings. The third-order valence-electron chi connectivity index (χ3n) is 4.37. The molecular weight excluding hydrogens is 322 g/mol. The average Bonchev–Trinajstić information content (AvgIpc) is 3.02. The number of amides is 1. The number of thiophene rings is 1. The monoisotopic (exact) mass is 343 g/mol. The standard InChI is InChI=1S/C19H21NO3S/c1-13-8-9-16-14(10-13)11-17(24-16)19(22)23-12-18(21)20(2)15-6-4-3-5-7-15/h3-7,11,13H,8-10,12H2,1-2H3/t13-/m1/s1. The number of anilines is 1. The molecule has 4 nitrogen and oxygen atoms in total. The fraction of sp³-hybridized carbons (Fsp3) is 0.368. The number of aryl methyl sites for hydroxylation is 1. The van der Waals surface area contributed by atoms with Gasteiger partial charge in [0.2, 0.25) is 0 Å². The van der Waals surface area contributed by atoms with Gasteiger partial charge in [-0.05, 0) is 48.9 Å². The van der Waals surface area contributed by atoms with E-state index in [-0.39, 0.29) is 12.5 Å². The van der Waals surface area contributed by atoms with Crippen LogP contribution >= 0.6 is 11.3 Å². The minimum absolute atomic E-state index is 0.246. The number of carbonyl (C=O) groups is 2. The molecule has 0 aliphatic heterocycles. The van der Waals surface area contributed by atoms with E-state index < -0.39 is 5.97 Å². The minimum atomic E-state index is -0.406. The number of benzene rings is 1. The predicted molar refractivity (Wildman–Crippen MR) is 95.6 cm³/mol. The molecule has 2 aromatic rings. The maximum atomic E-state index is 12.2. The van der Waals surface area contributed by atoms with E-state index in [4.69, 9.17) is 4.74 Å². The van der Waals surface area contributed by atoms with E-state index in [9.17, 15) is 9.59 Å². The van der Waals surface area contributed by atoms with E-state index in [1.54, 1.807) is 7.05 Å². The SMILES string of the molecule is C[C@@H]1CCc2sc(C(=O)OCC(=O)N(C)c3ccccc3)cc2C1. The maximum absolute atomic E-state index is 12.2. The van der Waals surface area contributed by atoms with Crippen molar-refractivity contribution in [2.24, 2.45) is 5.92 Å². The van der Waals surface area contributed by atoms with Gasteiger partial charge in [0.25, 0.3) is 5.91 Å². The van der Waals surface area contributed by atoms with Crippen LogP contribution in [0.15, 0.2) is 36.4 Å². The minimum Gasteiger partial charge on any atom is -0.451 e. The molecule has 126 valence electrons. The van der Waals surface area contributed by atoms with Gasteiger partial charge in [0.1, 0.15) is 4.88 Å². The summed E-state index contributed by atoms with van der Waals surface area (Å²) in [4.78, 5) is 27.8. The first kappa shape index (κ1) is 16.7. The quantitative estimate of drug-likeness (QED) is 0.796. The van der Waals surface area contributed by atoms with E-state index in [2.05, 4.69) is 6.92 Å². The Kier molecular flexibility index (Phi) is 5.00. The van der Waals surface area contributed by atoms with E-state index in [1.165, 1.54) is 33.1 Å². The third kappa shape index (κ3) is 3.67. The number of hydrogen-bond donors (Lipinski definition) is 0. The van der Waals surface area contributed by atoms with Crippen molar-refractivity contribution in [3.63, 3.8) is 0 Å². The van der Waals surface area contributed by atoms with Gasteiger partial charge >= 0.3 is 5.97 Å². The average molecular weight is 343 g/mol. The fourth-order valence-corrected chi connectivity index (χ4v) is 4.00. The normalized spacial score (nSPS) is 16.3. The van der Waals surface area contributed by atoms with E-state index in [0.717, 1.165) is 18.5 Å². The van der Waals surface area contributed by atoms with Crippen LogP contribution in [0.1, 0.15) is 33.5 Å². The number of likely N-dealkylation sites (N-methyl/N-ethyl adjacent to an activating group) is 1. The van der Waals surface area contributed by atoms with E-state index >= 15 is 0 Å². The van der Waals surface area contributed by atoms with Crippen LogP contribution in [0.5, 0.6) is 0 Å². The van der Waals surface area contributed by atoms with Crippen molar-refractivity contribution in [2.75, 3.05) is 18.6 Å². The highest BCUT2D eigenvalue weighted by molar-refractivity contribution is 7.14. The van der Waals surface area contributed by atoms with Crippen LogP contribution in [0.4, 0.5) is 5.69 Å². The molecule has 0 fully saturated rings. The van der Waals surface area contributed by atoms with Crippen molar-refractivity contribution in [2.45, 2.75) is 26.2 Å². The molecule has 0 radical (unpaired) electrons. The summed E-state index contributed by atoms with van der Waals surface area (Å²) in [5.74, 6) is 0.0124. The summed E-state index contributed by atoms with van der Waals surface area (Å²) in [7, 11) is 1.68. The Hall–Kier alpha value is -2.14. The van der Waals surface area contributed by atoms with E-state index in [1.807, 2.05) is 36.4 Å². The molecule has 0 spiro atoms. The number of esters is 1. The maximum Gasteiger partial charge on any atom is 0.348 e. The molecule has 0 saturated heterocycles. The summed E-state index contributed by atoms with van der Waals surface area (Å²) in [5.41, 5.74) is 2.04. The van der Waals surface area contributed by atoms with Gasteiger partial charge in [0, 0.05) is 17.6 Å². The van der Waals surface area contributed by atoms with Crippen molar-refractivity contribution in [3.05, 3.63) is 51.7 Å². The van der Waals surface area contributed by atoms with Crippen LogP contribution in [-0.2, 0) is 22.4 Å². The molecule has 3 rings (SSSR count). The molecule has 1 aromatic heterocycles. The number of para-hydroxylation sites is 1. The Bertz CT molecular complexity index is 738. The van der Waals surface area contributed by atoms with Crippen LogP contribution < -0.4 is 4.90 Å². The third-order valence-corrected chi connectivity index (χ3v) is 5.59. The molecule has 1 atom stereocenters. The number of carbonyl (C=O) groups excluding carboxylic acids is 2. The summed E-state index contributed by atoms with van der Waals surface area (Å²) in [6, 6.07) is 11.2. The van der Waals surface area contributed by atoms with Gasteiger partial charge in [0.05, 0.1) is 0 Å². The highest BCUT2D eigenvalue weighted by Crippen LogP contribution is 2.32. The fourth-order valence-electron chi connectivity index (χ4n) is 2.90. The Morgan fingerprint density at radius 2 is 2.04 bits per heavy atom. The van der Waals surface area contributed by atoms with Crippen LogP contribution in [0.3, 0.4) is 0 Å². The molecule has 1 aromatic carbocycles. The first-order valence-electron chi connectivity index (χ1n) is 8.15. The van der Waals surface area contributed by atoms with Gasteiger partial charge < -0.3 is 9.64 Å². The summed E-state index contributed by atoms with van der Waals surface area (Å²) in [5, 5.41) is 0. The number of ether oxygens (including phenoxy) is 1. The summed E-state index contributed by atoms with van der Waals surface area (Å²) >= 11 is 1.50. The van der Waals surface area contributed by atoms with Crippen LogP contribution in [0.25, 0.3) is 0 Å². The highest BCUT2D eigenvalue weighted by atomic mass is 32.1. The first-order chi connectivity index (χ1) is 11.5. The lowest BCUT2D eigenvalue weighted by Crippen LogP contribution is -2.30. The Balaban J connectivity index is 1.59. The molecule has 0 bridgehead atoms. The van der Waals surface area contributed by atoms with Gasteiger partial charge in [-0.25, -0.2) is 4.79 Å². The summed E-state index contributed by atoms with van der Waals surface area (Å²) in [6.45, 7) is 1.99. The lowest BCUT2D eigenvalue weighted by Gasteiger charge is -2.16. The van der Waals surface area contributed by atoms with Gasteiger partial charge in [-0.3, -0.25) is 4.79 Å². The number of nitrogens with zero attached hydrogens (tertiary/aromatic N) is 1. The zero-order chi connectivity index (χ0) is 17.1. The number of hydrogen-bond acceptors (Lipinski definition) is 4. The van der Waals surface area contributed by atoms with Crippen molar-refractivity contribution in [3.8, 4) is 0 Å². The Morgan fingerprint density at radius 1 is 1.29 bits per heavy atom. The lowest BCUT2D eigenvalue weighted by atomic mass is 9.90. The Morgan fingerprint density at radius 3 is 2.79 bits per heavy atom. The van der Waals surface area contributed by atoms with Gasteiger partial charge in [-0.1, -0.05) is 25.1 Å². The van der Waals surface area contributed by atoms with Crippen molar-refractivity contribution in [1.82, 2.24) is 0 Å². The smallest absolute Gasteiger partial charge is 0.348 e. The van der Waals surface area contributed by atoms with Crippen LogP contribution in [0.2, 0.25) is 0 Å². The first-order valence-corrected chi connectivity index (χ1v) is 8.96. The second kappa shape index (κ2) is 7.18. The van der Waals surface area contributed by atoms with Crippen molar-refractivity contribution in [1.29, 1.82) is 0 Å². The molecule has 0 saturated carbocycles. The van der Waals surface area contributed by atoms with Crippen molar-refractivity contribution < 1.29 is 14.3 Å². The topological polar surface area (TPSA) is 46.6 Å². The van der Waals surface area contributed by atoms with E-state index in [0.29, 0.717) is 10.8 Å². The Labute approximate surface area is 146 Å². The zero-order valence-electron chi connectivity index (χ0n) is 14.0.